The molecule has 0 saturated carbocycles. The Morgan fingerprint density at radius 3 is 2.44 bits per heavy atom. The minimum atomic E-state index is -0.390. The summed E-state index contributed by atoms with van der Waals surface area (Å²) in [4.78, 5) is 10.6. The molecule has 3 nitrogen and oxygen atoms in total. The number of carbonyl (C=O) groups is 1. The Morgan fingerprint density at radius 1 is 1.44 bits per heavy atom. The molecule has 0 radical (unpaired) electrons. The van der Waals surface area contributed by atoms with Gasteiger partial charge in [0.2, 0.25) is 0 Å². The SMILES string of the molecule is C=CC(=O)OCc1ccccc1.CCNC. The molecule has 16 heavy (non-hydrogen) atoms. The Hall–Kier alpha value is -1.61. The third-order valence-electron chi connectivity index (χ3n) is 1.74. The van der Waals surface area contributed by atoms with Crippen LogP contribution in [-0.2, 0) is 16.1 Å². The maximum Gasteiger partial charge on any atom is 0.330 e. The van der Waals surface area contributed by atoms with Gasteiger partial charge < -0.3 is 10.1 Å². The predicted octanol–water partition coefficient (Wildman–Crippen LogP) is 2.14. The number of esters is 1. The molecule has 0 aliphatic rings. The van der Waals surface area contributed by atoms with Crippen LogP contribution in [0.3, 0.4) is 0 Å². The average Bonchev–Trinajstić information content (AvgIpc) is 2.37. The fraction of sp³-hybridized carbons (Fsp3) is 0.308. The number of benzene rings is 1. The minimum Gasteiger partial charge on any atom is -0.458 e. The predicted molar refractivity (Wildman–Crippen MR) is 66.0 cm³/mol. The van der Waals surface area contributed by atoms with Crippen LogP contribution in [0, 0.1) is 0 Å². The molecule has 0 aromatic heterocycles. The second-order valence-corrected chi connectivity index (χ2v) is 3.00. The third kappa shape index (κ3) is 7.76. The van der Waals surface area contributed by atoms with Crippen molar-refractivity contribution >= 4 is 5.97 Å². The van der Waals surface area contributed by atoms with Crippen LogP contribution in [0.4, 0.5) is 0 Å². The standard InChI is InChI=1S/C10H10O2.C3H9N/c1-2-10(11)12-8-9-6-4-3-5-7-9;1-3-4-2/h2-7H,1,8H2;4H,3H2,1-2H3. The van der Waals surface area contributed by atoms with E-state index < -0.39 is 0 Å². The van der Waals surface area contributed by atoms with Gasteiger partial charge >= 0.3 is 5.97 Å². The van der Waals surface area contributed by atoms with Crippen molar-refractivity contribution in [1.29, 1.82) is 0 Å². The fourth-order valence-corrected chi connectivity index (χ4v) is 0.788. The second-order valence-electron chi connectivity index (χ2n) is 3.00. The normalized spacial score (nSPS) is 8.62. The lowest BCUT2D eigenvalue weighted by Crippen LogP contribution is -2.01. The molecule has 0 heterocycles. The van der Waals surface area contributed by atoms with Crippen molar-refractivity contribution in [3.63, 3.8) is 0 Å². The van der Waals surface area contributed by atoms with Gasteiger partial charge in [0.25, 0.3) is 0 Å². The van der Waals surface area contributed by atoms with E-state index in [4.69, 9.17) is 4.74 Å². The average molecular weight is 221 g/mol. The monoisotopic (exact) mass is 221 g/mol. The molecule has 0 amide bonds. The summed E-state index contributed by atoms with van der Waals surface area (Å²) in [5, 5.41) is 2.93. The van der Waals surface area contributed by atoms with Crippen molar-refractivity contribution in [2.45, 2.75) is 13.5 Å². The molecule has 0 saturated heterocycles. The minimum absolute atomic E-state index is 0.311. The van der Waals surface area contributed by atoms with Gasteiger partial charge in [0.15, 0.2) is 0 Å². The van der Waals surface area contributed by atoms with E-state index in [1.807, 2.05) is 37.4 Å². The molecule has 0 bridgehead atoms. The molecule has 1 rings (SSSR count). The summed E-state index contributed by atoms with van der Waals surface area (Å²) in [6.45, 7) is 6.75. The topological polar surface area (TPSA) is 38.3 Å². The van der Waals surface area contributed by atoms with Crippen LogP contribution in [0.15, 0.2) is 43.0 Å². The Labute approximate surface area is 97.1 Å². The highest BCUT2D eigenvalue weighted by atomic mass is 16.5. The van der Waals surface area contributed by atoms with Crippen molar-refractivity contribution in [3.05, 3.63) is 48.6 Å². The molecule has 1 N–H and O–H groups in total. The van der Waals surface area contributed by atoms with Crippen LogP contribution in [0.25, 0.3) is 0 Å². The molecule has 3 heteroatoms. The van der Waals surface area contributed by atoms with Crippen LogP contribution in [0.1, 0.15) is 12.5 Å². The maximum absolute atomic E-state index is 10.6. The van der Waals surface area contributed by atoms with Crippen LogP contribution >= 0.6 is 0 Å². The zero-order valence-corrected chi connectivity index (χ0v) is 9.90. The van der Waals surface area contributed by atoms with Gasteiger partial charge in [-0.1, -0.05) is 43.8 Å². The number of carbonyl (C=O) groups excluding carboxylic acids is 1. The molecule has 1 aromatic rings. The van der Waals surface area contributed by atoms with Gasteiger partial charge in [-0.25, -0.2) is 4.79 Å². The highest BCUT2D eigenvalue weighted by molar-refractivity contribution is 5.81. The van der Waals surface area contributed by atoms with Crippen LogP contribution in [-0.4, -0.2) is 19.6 Å². The van der Waals surface area contributed by atoms with Crippen molar-refractivity contribution in [1.82, 2.24) is 5.32 Å². The number of ether oxygens (including phenoxy) is 1. The summed E-state index contributed by atoms with van der Waals surface area (Å²) in [5.74, 6) is -0.390. The number of hydrogen-bond acceptors (Lipinski definition) is 3. The van der Waals surface area contributed by atoms with Crippen molar-refractivity contribution in [2.24, 2.45) is 0 Å². The molecule has 0 spiro atoms. The lowest BCUT2D eigenvalue weighted by molar-refractivity contribution is -0.138. The molecule has 88 valence electrons. The van der Waals surface area contributed by atoms with Gasteiger partial charge in [-0.05, 0) is 19.2 Å². The lowest BCUT2D eigenvalue weighted by atomic mass is 10.2. The van der Waals surface area contributed by atoms with E-state index in [2.05, 4.69) is 18.8 Å². The molecule has 0 aliphatic carbocycles. The van der Waals surface area contributed by atoms with Crippen LogP contribution in [0.5, 0.6) is 0 Å². The fourth-order valence-electron chi connectivity index (χ4n) is 0.788. The van der Waals surface area contributed by atoms with Crippen LogP contribution < -0.4 is 5.32 Å². The third-order valence-corrected chi connectivity index (χ3v) is 1.74. The Bertz CT molecular complexity index is 294. The summed E-state index contributed by atoms with van der Waals surface area (Å²) in [6.07, 6.45) is 1.16. The number of rotatable bonds is 4. The van der Waals surface area contributed by atoms with Crippen molar-refractivity contribution in [3.8, 4) is 0 Å². The van der Waals surface area contributed by atoms with E-state index in [9.17, 15) is 4.79 Å². The first-order valence-corrected chi connectivity index (χ1v) is 5.22. The van der Waals surface area contributed by atoms with E-state index >= 15 is 0 Å². The number of hydrogen-bond donors (Lipinski definition) is 1. The smallest absolute Gasteiger partial charge is 0.330 e. The van der Waals surface area contributed by atoms with E-state index in [1.54, 1.807) is 0 Å². The summed E-state index contributed by atoms with van der Waals surface area (Å²) in [5.41, 5.74) is 0.979. The molecule has 1 aromatic carbocycles. The highest BCUT2D eigenvalue weighted by Crippen LogP contribution is 2.00. The van der Waals surface area contributed by atoms with Gasteiger partial charge in [-0.2, -0.15) is 0 Å². The highest BCUT2D eigenvalue weighted by Gasteiger charge is 1.95. The first kappa shape index (κ1) is 14.4. The van der Waals surface area contributed by atoms with Gasteiger partial charge in [-0.15, -0.1) is 0 Å². The first-order valence-electron chi connectivity index (χ1n) is 5.22. The van der Waals surface area contributed by atoms with Crippen molar-refractivity contribution in [2.75, 3.05) is 13.6 Å². The van der Waals surface area contributed by atoms with Crippen LogP contribution in [0.2, 0.25) is 0 Å². The molecule has 0 unspecified atom stereocenters. The molecule has 0 aliphatic heterocycles. The molecule has 0 atom stereocenters. The lowest BCUT2D eigenvalue weighted by Gasteiger charge is -2.00. The Morgan fingerprint density at radius 2 is 2.00 bits per heavy atom. The van der Waals surface area contributed by atoms with Gasteiger partial charge in [0, 0.05) is 6.08 Å². The van der Waals surface area contributed by atoms with E-state index in [0.29, 0.717) is 6.61 Å². The van der Waals surface area contributed by atoms with E-state index in [-0.39, 0.29) is 5.97 Å². The second kappa shape index (κ2) is 9.93. The summed E-state index contributed by atoms with van der Waals surface area (Å²) < 4.78 is 4.82. The first-order chi connectivity index (χ1) is 7.74. The zero-order chi connectivity index (χ0) is 12.2. The quantitative estimate of drug-likeness (QED) is 0.625. The number of nitrogens with one attached hydrogen (secondary N) is 1. The summed E-state index contributed by atoms with van der Waals surface area (Å²) in [7, 11) is 1.93. The summed E-state index contributed by atoms with van der Waals surface area (Å²) in [6, 6.07) is 9.51. The molecular formula is C13H19NO2. The Kier molecular flexibility index (Phi) is 8.93. The Balaban J connectivity index is 0.000000487. The van der Waals surface area contributed by atoms with E-state index in [1.165, 1.54) is 0 Å². The van der Waals surface area contributed by atoms with Gasteiger partial charge in [0.05, 0.1) is 0 Å². The zero-order valence-electron chi connectivity index (χ0n) is 9.90. The maximum atomic E-state index is 10.6. The summed E-state index contributed by atoms with van der Waals surface area (Å²) >= 11 is 0. The van der Waals surface area contributed by atoms with Gasteiger partial charge in [-0.3, -0.25) is 0 Å². The van der Waals surface area contributed by atoms with Crippen molar-refractivity contribution < 1.29 is 9.53 Å². The molecular weight excluding hydrogens is 202 g/mol. The van der Waals surface area contributed by atoms with Gasteiger partial charge in [0.1, 0.15) is 6.61 Å². The largest absolute Gasteiger partial charge is 0.458 e. The van der Waals surface area contributed by atoms with E-state index in [0.717, 1.165) is 18.2 Å². The molecule has 0 fully saturated rings.